The Morgan fingerprint density at radius 3 is 2.65 bits per heavy atom. The van der Waals surface area contributed by atoms with Crippen LogP contribution in [0.15, 0.2) is 45.6 Å². The summed E-state index contributed by atoms with van der Waals surface area (Å²) in [4.78, 5) is 12.1. The van der Waals surface area contributed by atoms with Gasteiger partial charge in [0.25, 0.3) is 0 Å². The van der Waals surface area contributed by atoms with E-state index in [1.807, 2.05) is 37.3 Å². The summed E-state index contributed by atoms with van der Waals surface area (Å²) in [6, 6.07) is 11.0. The number of fused-ring (bicyclic) bond motifs is 1. The largest absolute Gasteiger partial charge is 0.459 e. The number of hydrogen-bond acceptors (Lipinski definition) is 4. The molecule has 0 unspecified atom stereocenters. The molecule has 104 valence electrons. The zero-order valence-corrected chi connectivity index (χ0v) is 11.5. The lowest BCUT2D eigenvalue weighted by Crippen LogP contribution is -2.26. The highest BCUT2D eigenvalue weighted by molar-refractivity contribution is 5.31. The van der Waals surface area contributed by atoms with Crippen LogP contribution in [0, 0.1) is 6.92 Å². The van der Waals surface area contributed by atoms with Crippen molar-refractivity contribution >= 4 is 0 Å². The lowest BCUT2D eigenvalue weighted by molar-refractivity contribution is -0.155. The maximum absolute atomic E-state index is 12.1. The second-order valence-corrected chi connectivity index (χ2v) is 4.81. The molecule has 0 aliphatic carbocycles. The van der Waals surface area contributed by atoms with Gasteiger partial charge in [-0.1, -0.05) is 37.3 Å². The number of aryl methyl sites for hydroxylation is 1. The molecule has 0 amide bonds. The summed E-state index contributed by atoms with van der Waals surface area (Å²) in [6.07, 6.45) is -0.123. The van der Waals surface area contributed by atoms with E-state index >= 15 is 0 Å². The minimum absolute atomic E-state index is 0.161. The van der Waals surface area contributed by atoms with E-state index < -0.39 is 6.29 Å². The van der Waals surface area contributed by atoms with Gasteiger partial charge in [0.15, 0.2) is 5.76 Å². The molecule has 0 radical (unpaired) electrons. The van der Waals surface area contributed by atoms with Crippen LogP contribution in [0.3, 0.4) is 0 Å². The average Bonchev–Trinajstić information content (AvgIpc) is 2.47. The molecule has 1 aromatic heterocycles. The molecule has 4 nitrogen and oxygen atoms in total. The lowest BCUT2D eigenvalue weighted by atomic mass is 10.1. The molecule has 1 aliphatic rings. The molecule has 1 aliphatic heterocycles. The smallest absolute Gasteiger partial charge is 0.227 e. The number of benzene rings is 1. The predicted octanol–water partition coefficient (Wildman–Crippen LogP) is 3.51. The lowest BCUT2D eigenvalue weighted by Gasteiger charge is -2.30. The fourth-order valence-corrected chi connectivity index (χ4v) is 2.33. The van der Waals surface area contributed by atoms with Gasteiger partial charge in [-0.15, -0.1) is 0 Å². The van der Waals surface area contributed by atoms with Gasteiger partial charge in [-0.05, 0) is 13.3 Å². The summed E-state index contributed by atoms with van der Waals surface area (Å²) in [6.45, 7) is 3.74. The quantitative estimate of drug-likeness (QED) is 0.839. The Morgan fingerprint density at radius 2 is 1.95 bits per heavy atom. The number of rotatable bonds is 2. The molecule has 0 N–H and O–H groups in total. The maximum atomic E-state index is 12.1. The molecule has 3 rings (SSSR count). The summed E-state index contributed by atoms with van der Waals surface area (Å²) >= 11 is 0. The highest BCUT2D eigenvalue weighted by Crippen LogP contribution is 2.39. The Bertz CT molecular complexity index is 660. The van der Waals surface area contributed by atoms with Crippen LogP contribution in [0.1, 0.15) is 42.8 Å². The van der Waals surface area contributed by atoms with E-state index in [1.165, 1.54) is 6.07 Å². The Morgan fingerprint density at radius 1 is 1.20 bits per heavy atom. The molecule has 1 aromatic carbocycles. The van der Waals surface area contributed by atoms with Crippen LogP contribution in [-0.4, -0.2) is 0 Å². The zero-order chi connectivity index (χ0) is 14.1. The summed E-state index contributed by atoms with van der Waals surface area (Å²) in [5, 5.41) is 0. The van der Waals surface area contributed by atoms with E-state index in [9.17, 15) is 4.79 Å². The van der Waals surface area contributed by atoms with Crippen molar-refractivity contribution in [3.63, 3.8) is 0 Å². The first-order chi connectivity index (χ1) is 9.69. The van der Waals surface area contributed by atoms with Crippen molar-refractivity contribution in [3.05, 3.63) is 63.7 Å². The van der Waals surface area contributed by atoms with Crippen molar-refractivity contribution in [3.8, 4) is 5.75 Å². The monoisotopic (exact) mass is 272 g/mol. The molecule has 2 aromatic rings. The summed E-state index contributed by atoms with van der Waals surface area (Å²) in [5.41, 5.74) is 0.725. The first-order valence-electron chi connectivity index (χ1n) is 6.70. The van der Waals surface area contributed by atoms with Crippen LogP contribution >= 0.6 is 0 Å². The van der Waals surface area contributed by atoms with Crippen molar-refractivity contribution in [1.29, 1.82) is 0 Å². The molecular weight excluding hydrogens is 256 g/mol. The van der Waals surface area contributed by atoms with Crippen LogP contribution in [-0.2, 0) is 4.74 Å². The molecule has 0 saturated heterocycles. The molecule has 20 heavy (non-hydrogen) atoms. The highest BCUT2D eigenvalue weighted by atomic mass is 16.7. The number of hydrogen-bond donors (Lipinski definition) is 0. The van der Waals surface area contributed by atoms with E-state index in [1.54, 1.807) is 6.92 Å². The molecule has 0 fully saturated rings. The SMILES string of the molecule is CC[C@H]1O[C@H](c2ccccc2)Oc2c1oc(C)cc2=O. The Kier molecular flexibility index (Phi) is 3.32. The standard InChI is InChI=1S/C16H16O4/c1-3-13-15-14(12(17)9-10(2)18-15)20-16(19-13)11-7-5-4-6-8-11/h4-9,13,16H,3H2,1-2H3/t13-,16+/m1/s1. The van der Waals surface area contributed by atoms with Gasteiger partial charge < -0.3 is 13.9 Å². The van der Waals surface area contributed by atoms with Crippen molar-refractivity contribution in [2.45, 2.75) is 32.7 Å². The summed E-state index contributed by atoms with van der Waals surface area (Å²) in [7, 11) is 0. The van der Waals surface area contributed by atoms with Gasteiger partial charge in [0.2, 0.25) is 17.5 Å². The first-order valence-corrected chi connectivity index (χ1v) is 6.70. The van der Waals surface area contributed by atoms with Crippen LogP contribution in [0.5, 0.6) is 5.75 Å². The van der Waals surface area contributed by atoms with E-state index in [-0.39, 0.29) is 17.3 Å². The fraction of sp³-hybridized carbons (Fsp3) is 0.312. The number of ether oxygens (including phenoxy) is 2. The van der Waals surface area contributed by atoms with Crippen molar-refractivity contribution < 1.29 is 13.9 Å². The third kappa shape index (κ3) is 2.23. The Balaban J connectivity index is 2.04. The average molecular weight is 272 g/mol. The zero-order valence-electron chi connectivity index (χ0n) is 11.5. The van der Waals surface area contributed by atoms with Crippen molar-refractivity contribution in [1.82, 2.24) is 0 Å². The molecule has 0 bridgehead atoms. The van der Waals surface area contributed by atoms with Gasteiger partial charge >= 0.3 is 0 Å². The van der Waals surface area contributed by atoms with Gasteiger partial charge in [0, 0.05) is 11.6 Å². The van der Waals surface area contributed by atoms with Gasteiger partial charge in [-0.25, -0.2) is 0 Å². The second kappa shape index (κ2) is 5.13. The first kappa shape index (κ1) is 12.9. The van der Waals surface area contributed by atoms with Gasteiger partial charge in [-0.3, -0.25) is 4.79 Å². The van der Waals surface area contributed by atoms with E-state index in [0.29, 0.717) is 17.9 Å². The molecular formula is C16H16O4. The third-order valence-electron chi connectivity index (χ3n) is 3.30. The van der Waals surface area contributed by atoms with Crippen LogP contribution < -0.4 is 10.2 Å². The highest BCUT2D eigenvalue weighted by Gasteiger charge is 2.33. The molecule has 4 heteroatoms. The van der Waals surface area contributed by atoms with E-state index in [4.69, 9.17) is 13.9 Å². The minimum Gasteiger partial charge on any atom is -0.459 e. The normalized spacial score (nSPS) is 21.1. The summed E-state index contributed by atoms with van der Waals surface area (Å²) < 4.78 is 17.2. The van der Waals surface area contributed by atoms with Gasteiger partial charge in [-0.2, -0.15) is 0 Å². The topological polar surface area (TPSA) is 48.7 Å². The fourth-order valence-electron chi connectivity index (χ4n) is 2.33. The molecule has 2 heterocycles. The van der Waals surface area contributed by atoms with E-state index in [2.05, 4.69) is 0 Å². The van der Waals surface area contributed by atoms with Crippen molar-refractivity contribution in [2.24, 2.45) is 0 Å². The molecule has 0 spiro atoms. The predicted molar refractivity (Wildman–Crippen MR) is 73.6 cm³/mol. The Labute approximate surface area is 117 Å². The van der Waals surface area contributed by atoms with Gasteiger partial charge in [0.1, 0.15) is 11.9 Å². The van der Waals surface area contributed by atoms with Crippen LogP contribution in [0.2, 0.25) is 0 Å². The molecule has 0 saturated carbocycles. The van der Waals surface area contributed by atoms with Crippen LogP contribution in [0.25, 0.3) is 0 Å². The van der Waals surface area contributed by atoms with Crippen LogP contribution in [0.4, 0.5) is 0 Å². The summed E-state index contributed by atoms with van der Waals surface area (Å²) in [5.74, 6) is 1.32. The molecule has 2 atom stereocenters. The minimum atomic E-state index is -0.570. The third-order valence-corrected chi connectivity index (χ3v) is 3.30. The van der Waals surface area contributed by atoms with E-state index in [0.717, 1.165) is 5.56 Å². The second-order valence-electron chi connectivity index (χ2n) is 4.81. The maximum Gasteiger partial charge on any atom is 0.227 e. The van der Waals surface area contributed by atoms with Gasteiger partial charge in [0.05, 0.1) is 0 Å². The Hall–Kier alpha value is -2.07. The van der Waals surface area contributed by atoms with Crippen molar-refractivity contribution in [2.75, 3.05) is 0 Å².